The molecule has 1 aromatic carbocycles. The number of carbonyl (C=O) groups is 2. The summed E-state index contributed by atoms with van der Waals surface area (Å²) in [5.41, 5.74) is -0.842. The minimum atomic E-state index is -4.43. The van der Waals surface area contributed by atoms with E-state index in [1.807, 2.05) is 13.8 Å². The molecule has 2 heterocycles. The van der Waals surface area contributed by atoms with Gasteiger partial charge >= 0.3 is 6.18 Å². The van der Waals surface area contributed by atoms with Gasteiger partial charge in [-0.25, -0.2) is 0 Å². The van der Waals surface area contributed by atoms with E-state index in [-0.39, 0.29) is 34.0 Å². The lowest BCUT2D eigenvalue weighted by Crippen LogP contribution is -2.62. The molecular weight excluding hydrogens is 451 g/mol. The first kappa shape index (κ1) is 24.1. The van der Waals surface area contributed by atoms with Crippen molar-refractivity contribution >= 4 is 28.7 Å². The van der Waals surface area contributed by atoms with Crippen molar-refractivity contribution < 1.29 is 22.8 Å². The molecule has 0 bridgehead atoms. The van der Waals surface area contributed by atoms with Gasteiger partial charge in [-0.15, -0.1) is 0 Å². The van der Waals surface area contributed by atoms with Gasteiger partial charge in [0.1, 0.15) is 0 Å². The summed E-state index contributed by atoms with van der Waals surface area (Å²) in [4.78, 5) is 34.1. The zero-order valence-corrected chi connectivity index (χ0v) is 20.2. The van der Waals surface area contributed by atoms with E-state index in [9.17, 15) is 22.8 Å². The van der Waals surface area contributed by atoms with Gasteiger partial charge in [0.15, 0.2) is 5.17 Å². The van der Waals surface area contributed by atoms with Crippen LogP contribution in [0.2, 0.25) is 0 Å². The number of carbonyl (C=O) groups excluding carboxylic acids is 2. The maximum Gasteiger partial charge on any atom is 0.416 e. The molecule has 180 valence electrons. The summed E-state index contributed by atoms with van der Waals surface area (Å²) >= 11 is 1.68. The Kier molecular flexibility index (Phi) is 6.08. The van der Waals surface area contributed by atoms with Crippen molar-refractivity contribution in [1.82, 2.24) is 9.80 Å². The van der Waals surface area contributed by atoms with E-state index in [2.05, 4.69) is 23.7 Å². The van der Waals surface area contributed by atoms with Crippen molar-refractivity contribution in [3.8, 4) is 0 Å². The van der Waals surface area contributed by atoms with Gasteiger partial charge in [-0.2, -0.15) is 18.2 Å². The number of alkyl halides is 3. The molecule has 1 saturated carbocycles. The fraction of sp³-hybridized carbons (Fsp3) is 0.625. The van der Waals surface area contributed by atoms with Gasteiger partial charge in [-0.05, 0) is 62.8 Å². The summed E-state index contributed by atoms with van der Waals surface area (Å²) in [6.07, 6.45) is -1.50. The largest absolute Gasteiger partial charge is 0.416 e. The molecule has 0 spiro atoms. The Labute approximate surface area is 196 Å². The summed E-state index contributed by atoms with van der Waals surface area (Å²) in [6.45, 7) is 9.74. The molecule has 33 heavy (non-hydrogen) atoms. The smallest absolute Gasteiger partial charge is 0.342 e. The van der Waals surface area contributed by atoms with Crippen LogP contribution in [0.1, 0.15) is 62.9 Å². The van der Waals surface area contributed by atoms with Crippen molar-refractivity contribution in [1.29, 1.82) is 0 Å². The van der Waals surface area contributed by atoms with Crippen molar-refractivity contribution in [3.63, 3.8) is 0 Å². The quantitative estimate of drug-likeness (QED) is 0.562. The second-order valence-electron chi connectivity index (χ2n) is 10.7. The van der Waals surface area contributed by atoms with Crippen LogP contribution in [0, 0.1) is 11.3 Å². The molecule has 2 fully saturated rings. The third-order valence-electron chi connectivity index (χ3n) is 6.99. The van der Waals surface area contributed by atoms with Crippen LogP contribution in [-0.4, -0.2) is 57.2 Å². The van der Waals surface area contributed by atoms with Crippen LogP contribution in [-0.2, 0) is 11.0 Å². The Morgan fingerprint density at radius 3 is 2.39 bits per heavy atom. The van der Waals surface area contributed by atoms with E-state index in [0.29, 0.717) is 19.6 Å². The number of aliphatic imine (C=N–C) groups is 1. The Morgan fingerprint density at radius 2 is 1.79 bits per heavy atom. The van der Waals surface area contributed by atoms with Crippen LogP contribution < -0.4 is 0 Å². The van der Waals surface area contributed by atoms with Crippen LogP contribution >= 0.6 is 11.8 Å². The van der Waals surface area contributed by atoms with Crippen LogP contribution in [0.5, 0.6) is 0 Å². The predicted molar refractivity (Wildman–Crippen MR) is 123 cm³/mol. The molecule has 2 aliphatic heterocycles. The van der Waals surface area contributed by atoms with Crippen molar-refractivity contribution in [3.05, 3.63) is 35.4 Å². The topological polar surface area (TPSA) is 53.0 Å². The summed E-state index contributed by atoms with van der Waals surface area (Å²) < 4.78 is 38.5. The average molecular weight is 482 g/mol. The average Bonchev–Trinajstić information content (AvgIpc) is 2.72. The molecule has 2 amide bonds. The van der Waals surface area contributed by atoms with E-state index < -0.39 is 17.3 Å². The highest BCUT2D eigenvalue weighted by atomic mass is 32.2. The number of hydrogen-bond donors (Lipinski definition) is 0. The molecule has 9 heteroatoms. The molecule has 0 aromatic heterocycles. The maximum atomic E-state index is 13.0. The first-order valence-electron chi connectivity index (χ1n) is 11.3. The minimum absolute atomic E-state index is 0.0341. The second-order valence-corrected chi connectivity index (χ2v) is 11.9. The lowest BCUT2D eigenvalue weighted by molar-refractivity contribution is -0.137. The highest BCUT2D eigenvalue weighted by Crippen LogP contribution is 2.47. The molecular formula is C24H30F3N3O2S. The Hall–Kier alpha value is -2.03. The lowest BCUT2D eigenvalue weighted by Gasteiger charge is -2.50. The van der Waals surface area contributed by atoms with Crippen LogP contribution in [0.4, 0.5) is 13.2 Å². The third-order valence-corrected chi connectivity index (χ3v) is 8.38. The lowest BCUT2D eigenvalue weighted by atomic mass is 9.71. The highest BCUT2D eigenvalue weighted by molar-refractivity contribution is 8.14. The van der Waals surface area contributed by atoms with Gasteiger partial charge < -0.3 is 9.80 Å². The molecule has 2 unspecified atom stereocenters. The number of nitrogens with zero attached hydrogens (tertiary/aromatic N) is 3. The minimum Gasteiger partial charge on any atom is -0.342 e. The molecule has 1 aliphatic carbocycles. The molecule has 4 rings (SSSR count). The normalized spacial score (nSPS) is 27.1. The highest BCUT2D eigenvalue weighted by Gasteiger charge is 2.46. The fourth-order valence-electron chi connectivity index (χ4n) is 5.08. The van der Waals surface area contributed by atoms with E-state index in [1.54, 1.807) is 16.7 Å². The van der Waals surface area contributed by atoms with Gasteiger partial charge in [0.25, 0.3) is 11.8 Å². The van der Waals surface area contributed by atoms with Gasteiger partial charge in [0, 0.05) is 30.4 Å². The van der Waals surface area contributed by atoms with Gasteiger partial charge in [0.05, 0.1) is 17.0 Å². The van der Waals surface area contributed by atoms with Crippen molar-refractivity contribution in [2.24, 2.45) is 16.3 Å². The Bertz CT molecular complexity index is 972. The molecule has 0 N–H and O–H groups in total. The Balaban J connectivity index is 1.46. The zero-order chi connectivity index (χ0) is 24.2. The first-order valence-corrected chi connectivity index (χ1v) is 12.2. The molecule has 2 atom stereocenters. The fourth-order valence-corrected chi connectivity index (χ4v) is 6.57. The molecule has 1 aromatic rings. The summed E-state index contributed by atoms with van der Waals surface area (Å²) in [6, 6.07) is 4.34. The number of amidine groups is 1. The number of halogens is 3. The van der Waals surface area contributed by atoms with Gasteiger partial charge in [-0.1, -0.05) is 25.6 Å². The monoisotopic (exact) mass is 481 g/mol. The van der Waals surface area contributed by atoms with E-state index in [4.69, 9.17) is 0 Å². The number of fused-ring (bicyclic) bond motifs is 1. The van der Waals surface area contributed by atoms with Crippen LogP contribution in [0.25, 0.3) is 0 Å². The summed E-state index contributed by atoms with van der Waals surface area (Å²) in [7, 11) is 0. The second kappa shape index (κ2) is 8.32. The molecule has 5 nitrogen and oxygen atoms in total. The standard InChI is InChI=1S/C24H30F3N3O2S/c1-22(2)10-9-18-17(13-22)19(31)28-21(33-18)30-12-11-29(14-23(30,3)4)20(32)15-5-7-16(8-6-15)24(25,26)27/h5-8,17-18H,9-14H2,1-4H3. The summed E-state index contributed by atoms with van der Waals surface area (Å²) in [5.74, 6) is -0.367. The Morgan fingerprint density at radius 1 is 1.12 bits per heavy atom. The third kappa shape index (κ3) is 4.93. The zero-order valence-electron chi connectivity index (χ0n) is 19.4. The number of hydrogen-bond acceptors (Lipinski definition) is 4. The number of amides is 2. The van der Waals surface area contributed by atoms with E-state index in [1.165, 1.54) is 12.1 Å². The van der Waals surface area contributed by atoms with Gasteiger partial charge in [0.2, 0.25) is 0 Å². The maximum absolute atomic E-state index is 13.0. The number of thioether (sulfide) groups is 1. The molecule has 3 aliphatic rings. The van der Waals surface area contributed by atoms with E-state index in [0.717, 1.165) is 36.6 Å². The van der Waals surface area contributed by atoms with E-state index >= 15 is 0 Å². The van der Waals surface area contributed by atoms with Crippen molar-refractivity contribution in [2.75, 3.05) is 19.6 Å². The van der Waals surface area contributed by atoms with Crippen LogP contribution in [0.3, 0.4) is 0 Å². The van der Waals surface area contributed by atoms with Crippen LogP contribution in [0.15, 0.2) is 29.3 Å². The van der Waals surface area contributed by atoms with Crippen molar-refractivity contribution in [2.45, 2.75) is 63.9 Å². The molecule has 1 saturated heterocycles. The number of benzene rings is 1. The number of piperazine rings is 1. The first-order chi connectivity index (χ1) is 15.3. The molecule has 0 radical (unpaired) electrons. The predicted octanol–water partition coefficient (Wildman–Crippen LogP) is 5.07. The summed E-state index contributed by atoms with van der Waals surface area (Å²) in [5, 5.41) is 0.966. The number of rotatable bonds is 1. The SMILES string of the molecule is CC1(C)CCC2SC(N3CCN(C(=O)c4ccc(C(F)(F)F)cc4)CC3(C)C)=NC(=O)C2C1. The van der Waals surface area contributed by atoms with Gasteiger partial charge in [-0.3, -0.25) is 9.59 Å².